The van der Waals surface area contributed by atoms with Crippen LogP contribution in [0.3, 0.4) is 0 Å². The van der Waals surface area contributed by atoms with Gasteiger partial charge in [-0.2, -0.15) is 4.31 Å². The summed E-state index contributed by atoms with van der Waals surface area (Å²) in [7, 11) is -3.34. The molecule has 3 rings (SSSR count). The highest BCUT2D eigenvalue weighted by atomic mass is 35.5. The predicted molar refractivity (Wildman–Crippen MR) is 78.2 cm³/mol. The van der Waals surface area contributed by atoms with Gasteiger partial charge in [0.25, 0.3) is 10.0 Å². The summed E-state index contributed by atoms with van der Waals surface area (Å²) in [6, 6.07) is 3.51. The average molecular weight is 320 g/mol. The molecule has 1 aliphatic carbocycles. The Kier molecular flexibility index (Phi) is 3.91. The fraction of sp³-hybridized carbons (Fsp3) is 0.692. The molecule has 2 fully saturated rings. The Morgan fingerprint density at radius 1 is 1.16 bits per heavy atom. The topological polar surface area (TPSA) is 37.4 Å². The highest BCUT2D eigenvalue weighted by molar-refractivity contribution is 7.91. The Morgan fingerprint density at radius 2 is 1.89 bits per heavy atom. The molecular formula is C13H18ClNO2S2. The molecule has 0 radical (unpaired) electrons. The van der Waals surface area contributed by atoms with Crippen LogP contribution in [0.25, 0.3) is 0 Å². The van der Waals surface area contributed by atoms with E-state index in [0.717, 1.165) is 24.2 Å². The lowest BCUT2D eigenvalue weighted by Gasteiger charge is -2.28. The van der Waals surface area contributed by atoms with Gasteiger partial charge < -0.3 is 0 Å². The van der Waals surface area contributed by atoms with Gasteiger partial charge in [-0.3, -0.25) is 0 Å². The van der Waals surface area contributed by atoms with E-state index in [9.17, 15) is 8.42 Å². The average Bonchev–Trinajstić information content (AvgIpc) is 3.09. The lowest BCUT2D eigenvalue weighted by molar-refractivity contribution is 0.289. The van der Waals surface area contributed by atoms with Crippen molar-refractivity contribution in [1.29, 1.82) is 0 Å². The number of hydrogen-bond acceptors (Lipinski definition) is 3. The summed E-state index contributed by atoms with van der Waals surface area (Å²) >= 11 is 7.03. The Labute approximate surface area is 123 Å². The van der Waals surface area contributed by atoms with Crippen molar-refractivity contribution in [3.05, 3.63) is 16.5 Å². The maximum Gasteiger partial charge on any atom is 0.252 e. The summed E-state index contributed by atoms with van der Waals surface area (Å²) in [5.41, 5.74) is 0. The zero-order chi connectivity index (χ0) is 13.5. The van der Waals surface area contributed by atoms with Gasteiger partial charge in [-0.05, 0) is 43.7 Å². The number of halogens is 1. The van der Waals surface area contributed by atoms with Crippen LogP contribution in [0.5, 0.6) is 0 Å². The van der Waals surface area contributed by atoms with Crippen molar-refractivity contribution in [3.8, 4) is 0 Å². The Balaban J connectivity index is 1.87. The van der Waals surface area contributed by atoms with E-state index < -0.39 is 10.0 Å². The van der Waals surface area contributed by atoms with Crippen LogP contribution in [-0.2, 0) is 10.0 Å². The first-order valence-electron chi connectivity index (χ1n) is 6.86. The molecule has 6 heteroatoms. The van der Waals surface area contributed by atoms with Crippen molar-refractivity contribution < 1.29 is 8.42 Å². The SMILES string of the molecule is O=S(=O)(c1ccc(Cl)s1)N1CCCC1C1CCCC1. The number of hydrogen-bond donors (Lipinski definition) is 0. The number of thiophene rings is 1. The minimum Gasteiger partial charge on any atom is -0.206 e. The molecule has 0 bridgehead atoms. The van der Waals surface area contributed by atoms with Gasteiger partial charge in [0.15, 0.2) is 0 Å². The van der Waals surface area contributed by atoms with Crippen molar-refractivity contribution in [1.82, 2.24) is 4.31 Å². The van der Waals surface area contributed by atoms with Gasteiger partial charge in [0.05, 0.1) is 4.34 Å². The van der Waals surface area contributed by atoms with Crippen LogP contribution in [0, 0.1) is 5.92 Å². The monoisotopic (exact) mass is 319 g/mol. The van der Waals surface area contributed by atoms with Crippen molar-refractivity contribution in [2.45, 2.75) is 48.8 Å². The Hall–Kier alpha value is -0.100. The predicted octanol–water partition coefficient (Wildman–Crippen LogP) is 3.74. The maximum atomic E-state index is 12.7. The van der Waals surface area contributed by atoms with Gasteiger partial charge in [-0.25, -0.2) is 8.42 Å². The molecular weight excluding hydrogens is 302 g/mol. The van der Waals surface area contributed by atoms with Crippen LogP contribution in [0.15, 0.2) is 16.3 Å². The quantitative estimate of drug-likeness (QED) is 0.851. The number of rotatable bonds is 3. The van der Waals surface area contributed by atoms with Crippen molar-refractivity contribution in [2.24, 2.45) is 5.92 Å². The molecule has 1 saturated heterocycles. The smallest absolute Gasteiger partial charge is 0.206 e. The minimum absolute atomic E-state index is 0.216. The molecule has 1 aromatic rings. The second-order valence-electron chi connectivity index (χ2n) is 5.43. The third-order valence-corrected chi connectivity index (χ3v) is 7.93. The van der Waals surface area contributed by atoms with Crippen LogP contribution >= 0.6 is 22.9 Å². The molecule has 2 heterocycles. The first kappa shape index (κ1) is 13.9. The molecule has 0 spiro atoms. The largest absolute Gasteiger partial charge is 0.252 e. The summed E-state index contributed by atoms with van der Waals surface area (Å²) in [5, 5.41) is 0. The van der Waals surface area contributed by atoms with Gasteiger partial charge in [0, 0.05) is 12.6 Å². The van der Waals surface area contributed by atoms with Crippen molar-refractivity contribution in [2.75, 3.05) is 6.54 Å². The van der Waals surface area contributed by atoms with Crippen LogP contribution in [0.4, 0.5) is 0 Å². The van der Waals surface area contributed by atoms with Crippen LogP contribution in [0.2, 0.25) is 4.34 Å². The van der Waals surface area contributed by atoms with Crippen LogP contribution in [-0.4, -0.2) is 25.3 Å². The fourth-order valence-electron chi connectivity index (χ4n) is 3.43. The first-order chi connectivity index (χ1) is 9.09. The van der Waals surface area contributed by atoms with E-state index in [1.165, 1.54) is 25.7 Å². The van der Waals surface area contributed by atoms with E-state index in [2.05, 4.69) is 0 Å². The third kappa shape index (κ3) is 2.58. The fourth-order valence-corrected chi connectivity index (χ4v) is 6.80. The van der Waals surface area contributed by atoms with Crippen LogP contribution in [0.1, 0.15) is 38.5 Å². The van der Waals surface area contributed by atoms with E-state index in [0.29, 0.717) is 21.0 Å². The lowest BCUT2D eigenvalue weighted by atomic mass is 9.97. The van der Waals surface area contributed by atoms with E-state index in [-0.39, 0.29) is 6.04 Å². The number of sulfonamides is 1. The van der Waals surface area contributed by atoms with E-state index in [1.807, 2.05) is 0 Å². The first-order valence-corrected chi connectivity index (χ1v) is 9.49. The van der Waals surface area contributed by atoms with Gasteiger partial charge in [-0.1, -0.05) is 24.4 Å². The maximum absolute atomic E-state index is 12.7. The van der Waals surface area contributed by atoms with Gasteiger partial charge in [-0.15, -0.1) is 11.3 Å². The zero-order valence-corrected chi connectivity index (χ0v) is 13.1. The molecule has 19 heavy (non-hydrogen) atoms. The van der Waals surface area contributed by atoms with Crippen LogP contribution < -0.4 is 0 Å². The molecule has 1 atom stereocenters. The molecule has 0 amide bonds. The Morgan fingerprint density at radius 3 is 2.53 bits per heavy atom. The summed E-state index contributed by atoms with van der Waals surface area (Å²) in [6.07, 6.45) is 6.87. The molecule has 2 aliphatic rings. The summed E-state index contributed by atoms with van der Waals surface area (Å²) in [4.78, 5) is 0. The molecule has 1 saturated carbocycles. The van der Waals surface area contributed by atoms with Gasteiger partial charge in [0.2, 0.25) is 0 Å². The summed E-state index contributed by atoms with van der Waals surface area (Å²) in [5.74, 6) is 0.563. The number of nitrogens with zero attached hydrogens (tertiary/aromatic N) is 1. The van der Waals surface area contributed by atoms with Crippen molar-refractivity contribution in [3.63, 3.8) is 0 Å². The normalized spacial score (nSPS) is 26.3. The summed E-state index contributed by atoms with van der Waals surface area (Å²) in [6.45, 7) is 0.666. The van der Waals surface area contributed by atoms with E-state index >= 15 is 0 Å². The standard InChI is InChI=1S/C13H18ClNO2S2/c14-12-7-8-13(18-12)19(16,17)15-9-3-6-11(15)10-4-1-2-5-10/h7-8,10-11H,1-6,9H2. The molecule has 1 unspecified atom stereocenters. The molecule has 3 nitrogen and oxygen atoms in total. The summed E-state index contributed by atoms with van der Waals surface area (Å²) < 4.78 is 28.1. The molecule has 106 valence electrons. The molecule has 1 aromatic heterocycles. The highest BCUT2D eigenvalue weighted by Gasteiger charge is 2.40. The van der Waals surface area contributed by atoms with Gasteiger partial charge >= 0.3 is 0 Å². The van der Waals surface area contributed by atoms with E-state index in [4.69, 9.17) is 11.6 Å². The second-order valence-corrected chi connectivity index (χ2v) is 9.26. The minimum atomic E-state index is -3.34. The molecule has 0 N–H and O–H groups in total. The molecule has 1 aliphatic heterocycles. The third-order valence-electron chi connectivity index (χ3n) is 4.30. The Bertz CT molecular complexity index is 549. The molecule has 0 aromatic carbocycles. The lowest BCUT2D eigenvalue weighted by Crippen LogP contribution is -2.39. The second kappa shape index (κ2) is 5.35. The zero-order valence-electron chi connectivity index (χ0n) is 10.7. The van der Waals surface area contributed by atoms with E-state index in [1.54, 1.807) is 16.4 Å². The van der Waals surface area contributed by atoms with Crippen molar-refractivity contribution >= 4 is 33.0 Å². The van der Waals surface area contributed by atoms with Gasteiger partial charge in [0.1, 0.15) is 4.21 Å². The highest BCUT2D eigenvalue weighted by Crippen LogP contribution is 2.39.